The van der Waals surface area contributed by atoms with Crippen LogP contribution in [0.15, 0.2) is 60.7 Å². The van der Waals surface area contributed by atoms with Gasteiger partial charge in [-0.2, -0.15) is 23.3 Å². The van der Waals surface area contributed by atoms with Gasteiger partial charge in [-0.15, -0.1) is 0 Å². The van der Waals surface area contributed by atoms with Gasteiger partial charge in [-0.25, -0.2) is 0 Å². The third-order valence-corrected chi connectivity index (χ3v) is 8.93. The van der Waals surface area contributed by atoms with E-state index in [9.17, 15) is 0 Å². The van der Waals surface area contributed by atoms with E-state index >= 15 is 0 Å². The second-order valence-electron chi connectivity index (χ2n) is 9.43. The Morgan fingerprint density at radius 2 is 1.18 bits per heavy atom. The number of benzene rings is 2. The number of hydrogen-bond acceptors (Lipinski definition) is 2. The molecule has 33 heavy (non-hydrogen) atoms. The van der Waals surface area contributed by atoms with Crippen LogP contribution in [-0.2, 0) is 23.5 Å². The molecule has 4 aliphatic carbocycles. The maximum absolute atomic E-state index is 6.78. The molecule has 2 bridgehead atoms. The minimum atomic E-state index is -1.20. The van der Waals surface area contributed by atoms with E-state index in [0.29, 0.717) is 11.8 Å². The summed E-state index contributed by atoms with van der Waals surface area (Å²) in [4.78, 5) is 0. The van der Waals surface area contributed by atoms with E-state index in [1.54, 1.807) is 0 Å². The van der Waals surface area contributed by atoms with Crippen LogP contribution in [0.3, 0.4) is 0 Å². The van der Waals surface area contributed by atoms with Crippen LogP contribution in [0.5, 0.6) is 11.5 Å². The molecule has 2 nitrogen and oxygen atoms in total. The molecule has 0 aliphatic heterocycles. The van der Waals surface area contributed by atoms with Gasteiger partial charge in [0.15, 0.2) is 0 Å². The van der Waals surface area contributed by atoms with Crippen molar-refractivity contribution >= 4 is 13.7 Å². The van der Waals surface area contributed by atoms with E-state index in [4.69, 9.17) is 9.05 Å². The maximum Gasteiger partial charge on any atom is 2.00 e. The van der Waals surface area contributed by atoms with Crippen LogP contribution in [0.4, 0.5) is 0 Å². The molecule has 4 heteroatoms. The van der Waals surface area contributed by atoms with Crippen molar-refractivity contribution < 1.29 is 26.1 Å². The molecule has 4 aliphatic rings. The molecular weight excluding hydrogens is 467 g/mol. The van der Waals surface area contributed by atoms with E-state index in [-0.39, 0.29) is 24.5 Å². The zero-order chi connectivity index (χ0) is 20.6. The Hall–Kier alpha value is -1.66. The van der Waals surface area contributed by atoms with Crippen molar-refractivity contribution in [2.75, 3.05) is 0 Å². The average molecular weight is 500 g/mol. The van der Waals surface area contributed by atoms with Gasteiger partial charge in [0.2, 0.25) is 8.38 Å². The summed E-state index contributed by atoms with van der Waals surface area (Å²) in [6.45, 7) is 0. The molecule has 3 aromatic carbocycles. The Bertz CT molecular complexity index is 1000. The normalized spacial score (nSPS) is 17.4. The standard InChI is InChI=1S/C28H30O2P.CH3.Fe/c1-2-10-21(9-1)24-13-5-7-15-26(24)29-31(28-19-20-17-23(28)18-20)30-27-16-8-6-14-25(27)22-11-3-4-12-22;;/h5-8,13-17,19,21-22H,1-4,9-12,18H2;1H3;/q2*-1;+2. The van der Waals surface area contributed by atoms with Gasteiger partial charge in [0.25, 0.3) is 0 Å². The van der Waals surface area contributed by atoms with Crippen molar-refractivity contribution in [3.8, 4) is 11.5 Å². The summed E-state index contributed by atoms with van der Waals surface area (Å²) >= 11 is 0. The smallest absolute Gasteiger partial charge is 0.444 e. The summed E-state index contributed by atoms with van der Waals surface area (Å²) in [5.74, 6) is 3.29. The fraction of sp³-hybridized carbons (Fsp3) is 0.379. The molecule has 0 spiro atoms. The van der Waals surface area contributed by atoms with Crippen molar-refractivity contribution in [2.24, 2.45) is 0 Å². The van der Waals surface area contributed by atoms with Gasteiger partial charge in [-0.3, -0.25) is 0 Å². The van der Waals surface area contributed by atoms with E-state index in [2.05, 4.69) is 60.7 Å². The summed E-state index contributed by atoms with van der Waals surface area (Å²) in [5, 5.41) is 1.27. The van der Waals surface area contributed by atoms with E-state index < -0.39 is 8.38 Å². The number of fused-ring (bicyclic) bond motifs is 1. The van der Waals surface area contributed by atoms with Gasteiger partial charge >= 0.3 is 17.1 Å². The van der Waals surface area contributed by atoms with Crippen LogP contribution in [0, 0.1) is 7.43 Å². The van der Waals surface area contributed by atoms with Gasteiger partial charge in [0.1, 0.15) is 11.5 Å². The summed E-state index contributed by atoms with van der Waals surface area (Å²) in [5.41, 5.74) is 5.55. The van der Waals surface area contributed by atoms with Crippen LogP contribution in [-0.4, -0.2) is 0 Å². The third-order valence-electron chi connectivity index (χ3n) is 7.39. The number of hydrogen-bond donors (Lipinski definition) is 0. The van der Waals surface area contributed by atoms with Crippen LogP contribution >= 0.6 is 8.38 Å². The van der Waals surface area contributed by atoms with Crippen molar-refractivity contribution in [1.29, 1.82) is 0 Å². The second kappa shape index (κ2) is 10.7. The molecule has 0 aromatic heterocycles. The van der Waals surface area contributed by atoms with Gasteiger partial charge in [-0.1, -0.05) is 67.4 Å². The maximum atomic E-state index is 6.78. The van der Waals surface area contributed by atoms with E-state index in [1.165, 1.54) is 78.9 Å². The van der Waals surface area contributed by atoms with Crippen LogP contribution in [0.1, 0.15) is 85.5 Å². The summed E-state index contributed by atoms with van der Waals surface area (Å²) in [6, 6.07) is 21.9. The second-order valence-corrected chi connectivity index (χ2v) is 10.8. The first-order chi connectivity index (χ1) is 15.3. The molecule has 0 radical (unpaired) electrons. The molecule has 0 heterocycles. The SMILES string of the molecule is [CH3-].[Fe+2].c1ccc(C2CCCC2)c(OP(Oc2ccccc2C2CCCC2)c2cc3[cH-]c2C3)c1. The summed E-state index contributed by atoms with van der Waals surface area (Å²) < 4.78 is 13.6. The predicted molar refractivity (Wildman–Crippen MR) is 134 cm³/mol. The molecule has 0 unspecified atom stereocenters. The van der Waals surface area contributed by atoms with Crippen LogP contribution < -0.4 is 14.4 Å². The van der Waals surface area contributed by atoms with Crippen molar-refractivity contribution in [1.82, 2.24) is 0 Å². The fourth-order valence-corrected chi connectivity index (χ4v) is 7.25. The Morgan fingerprint density at radius 3 is 1.61 bits per heavy atom. The monoisotopic (exact) mass is 500 g/mol. The molecule has 0 saturated heterocycles. The molecular formula is C29H33FeO2P. The average Bonchev–Trinajstić information content (AvgIpc) is 3.58. The predicted octanol–water partition coefficient (Wildman–Crippen LogP) is 8.17. The summed E-state index contributed by atoms with van der Waals surface area (Å²) in [6.07, 6.45) is 11.5. The summed E-state index contributed by atoms with van der Waals surface area (Å²) in [7, 11) is -1.20. The van der Waals surface area contributed by atoms with Crippen molar-refractivity contribution in [3.63, 3.8) is 0 Å². The van der Waals surface area contributed by atoms with E-state index in [1.807, 2.05) is 0 Å². The Balaban J connectivity index is 0.00000130. The molecule has 0 atom stereocenters. The zero-order valence-electron chi connectivity index (χ0n) is 19.4. The molecule has 174 valence electrons. The Labute approximate surface area is 210 Å². The fourth-order valence-electron chi connectivity index (χ4n) is 5.68. The minimum absolute atomic E-state index is 0. The molecule has 2 fully saturated rings. The van der Waals surface area contributed by atoms with Crippen LogP contribution in [0.2, 0.25) is 0 Å². The first-order valence-electron chi connectivity index (χ1n) is 12.0. The first-order valence-corrected chi connectivity index (χ1v) is 13.2. The van der Waals surface area contributed by atoms with Crippen molar-refractivity contribution in [3.05, 3.63) is 90.3 Å². The molecule has 0 N–H and O–H groups in total. The molecule has 7 rings (SSSR count). The van der Waals surface area contributed by atoms with Gasteiger partial charge in [-0.05, 0) is 67.2 Å². The minimum Gasteiger partial charge on any atom is -0.444 e. The Kier molecular flexibility index (Phi) is 7.95. The third kappa shape index (κ3) is 4.92. The van der Waals surface area contributed by atoms with Gasteiger partial charge in [0, 0.05) is 0 Å². The largest absolute Gasteiger partial charge is 2.00 e. The topological polar surface area (TPSA) is 18.5 Å². The quantitative estimate of drug-likeness (QED) is 0.145. The zero-order valence-corrected chi connectivity index (χ0v) is 21.4. The number of para-hydroxylation sites is 2. The molecule has 2 saturated carbocycles. The Morgan fingerprint density at radius 1 is 0.727 bits per heavy atom. The van der Waals surface area contributed by atoms with Crippen LogP contribution in [0.25, 0.3) is 0 Å². The number of rotatable bonds is 7. The van der Waals surface area contributed by atoms with E-state index in [0.717, 1.165) is 17.9 Å². The van der Waals surface area contributed by atoms with Gasteiger partial charge < -0.3 is 16.5 Å². The van der Waals surface area contributed by atoms with Gasteiger partial charge in [0.05, 0.1) is 0 Å². The molecule has 3 aromatic rings. The van der Waals surface area contributed by atoms with Crippen molar-refractivity contribution in [2.45, 2.75) is 69.6 Å². The first kappa shape index (κ1) is 24.5. The molecule has 0 amide bonds.